The molecule has 0 aliphatic carbocycles. The van der Waals surface area contributed by atoms with E-state index in [0.29, 0.717) is 28.1 Å². The predicted molar refractivity (Wildman–Crippen MR) is 272 cm³/mol. The fourth-order valence-corrected chi connectivity index (χ4v) is 8.61. The Balaban J connectivity index is 1.31. The zero-order valence-electron chi connectivity index (χ0n) is 40.3. The fourth-order valence-electron chi connectivity index (χ4n) is 7.09. The number of esters is 1. The molecule has 4 aromatic carbocycles. The molecule has 8 N–H and O–H groups in total. The van der Waals surface area contributed by atoms with E-state index >= 15 is 0 Å². The van der Waals surface area contributed by atoms with Gasteiger partial charge in [0.15, 0.2) is 0 Å². The number of nitrogens with one attached hydrogen (secondary N) is 3. The molecule has 0 atom stereocenters. The molecule has 6 aromatic rings. The van der Waals surface area contributed by atoms with Crippen molar-refractivity contribution < 1.29 is 70.1 Å². The number of nitrogens with zero attached hydrogens (tertiary/aromatic N) is 8. The van der Waals surface area contributed by atoms with E-state index in [1.807, 2.05) is 0 Å². The molecule has 0 amide bonds. The van der Waals surface area contributed by atoms with Crippen LogP contribution in [0.3, 0.4) is 0 Å². The monoisotopic (exact) mass is 1080 g/mol. The number of methoxy groups -OCH3 is 1. The normalized spacial score (nSPS) is 11.6. The second-order valence-electron chi connectivity index (χ2n) is 15.8. The van der Waals surface area contributed by atoms with Crippen LogP contribution in [0.15, 0.2) is 89.8 Å². The Morgan fingerprint density at radius 1 is 0.627 bits per heavy atom. The number of carbonyl (C=O) groups excluding carboxylic acids is 2. The number of aromatic nitrogens is 6. The molecule has 0 saturated carbocycles. The number of hydrogen-bond acceptors (Lipinski definition) is 25. The first kappa shape index (κ1) is 56.5. The van der Waals surface area contributed by atoms with Crippen molar-refractivity contribution in [2.24, 2.45) is 0 Å². The van der Waals surface area contributed by atoms with E-state index in [2.05, 4.69) is 50.7 Å². The van der Waals surface area contributed by atoms with E-state index in [0.717, 1.165) is 7.11 Å². The maximum atomic E-state index is 13.5. The number of aliphatic hydroxyl groups excluding tert-OH is 4. The highest BCUT2D eigenvalue weighted by molar-refractivity contribution is 7.86. The predicted octanol–water partition coefficient (Wildman–Crippen LogP) is 2.74. The summed E-state index contributed by atoms with van der Waals surface area (Å²) in [4.78, 5) is 61.2. The molecule has 0 saturated heterocycles. The van der Waals surface area contributed by atoms with Crippen molar-refractivity contribution in [1.82, 2.24) is 29.9 Å². The van der Waals surface area contributed by atoms with Gasteiger partial charge in [0.1, 0.15) is 23.1 Å². The Hall–Kier alpha value is -7.80. The SMILES string of the molecule is COC(=O)c1ccc(Nc2nc(Cc3ccc(/C=C/c4ccc(Nc5nc(Nc6ccc(COOC=O)cc6)nc(N(CCO)CCO)n5)cc4S(=O)(=O)OC)c(CS(=O)(=O)O)c3)nc(N(CCO)CCO)n2)cc1. The summed E-state index contributed by atoms with van der Waals surface area (Å²) in [7, 11) is -6.82. The lowest BCUT2D eigenvalue weighted by atomic mass is 10.0. The number of carbonyl (C=O) groups is 2. The molecule has 2 heterocycles. The van der Waals surface area contributed by atoms with Crippen molar-refractivity contribution in [3.63, 3.8) is 0 Å². The third-order valence-electron chi connectivity index (χ3n) is 10.6. The van der Waals surface area contributed by atoms with Gasteiger partial charge in [-0.25, -0.2) is 4.79 Å². The van der Waals surface area contributed by atoms with Crippen LogP contribution in [-0.4, -0.2) is 151 Å². The summed E-state index contributed by atoms with van der Waals surface area (Å²) >= 11 is 0. The first-order valence-electron chi connectivity index (χ1n) is 22.5. The Morgan fingerprint density at radius 2 is 1.13 bits per heavy atom. The zero-order valence-corrected chi connectivity index (χ0v) is 41.9. The molecule has 0 aliphatic rings. The largest absolute Gasteiger partial charge is 0.465 e. The number of benzene rings is 4. The average molecular weight is 1080 g/mol. The number of hydrogen-bond donors (Lipinski definition) is 8. The van der Waals surface area contributed by atoms with E-state index < -0.39 is 32.0 Å². The molecular formula is C47H53N11O15S2. The van der Waals surface area contributed by atoms with Gasteiger partial charge in [0.25, 0.3) is 20.2 Å². The zero-order chi connectivity index (χ0) is 54.0. The van der Waals surface area contributed by atoms with Gasteiger partial charge in [-0.15, -0.1) is 0 Å². The molecule has 28 heteroatoms. The fraction of sp³-hybridized carbons (Fsp3) is 0.277. The van der Waals surface area contributed by atoms with Crippen LogP contribution in [0, 0.1) is 0 Å². The van der Waals surface area contributed by atoms with Gasteiger partial charge in [0, 0.05) is 49.7 Å². The van der Waals surface area contributed by atoms with Crippen LogP contribution >= 0.6 is 0 Å². The second kappa shape index (κ2) is 26.9. The van der Waals surface area contributed by atoms with Crippen molar-refractivity contribution in [2.75, 3.05) is 92.6 Å². The summed E-state index contributed by atoms with van der Waals surface area (Å²) in [5.74, 6) is -0.996. The van der Waals surface area contributed by atoms with Crippen LogP contribution in [0.4, 0.5) is 46.8 Å². The van der Waals surface area contributed by atoms with Gasteiger partial charge < -0.3 is 55.8 Å². The maximum Gasteiger partial charge on any atom is 0.337 e. The van der Waals surface area contributed by atoms with Crippen molar-refractivity contribution in [2.45, 2.75) is 23.7 Å². The van der Waals surface area contributed by atoms with Gasteiger partial charge in [-0.05, 0) is 76.3 Å². The lowest BCUT2D eigenvalue weighted by molar-refractivity contribution is -0.266. The van der Waals surface area contributed by atoms with Crippen molar-refractivity contribution in [3.05, 3.63) is 124 Å². The first-order chi connectivity index (χ1) is 36.1. The van der Waals surface area contributed by atoms with Crippen molar-refractivity contribution in [3.8, 4) is 0 Å². The van der Waals surface area contributed by atoms with Gasteiger partial charge in [0.05, 0.1) is 46.2 Å². The summed E-state index contributed by atoms with van der Waals surface area (Å²) in [5, 5.41) is 48.1. The molecule has 0 radical (unpaired) electrons. The van der Waals surface area contributed by atoms with Crippen LogP contribution in [-0.2, 0) is 62.5 Å². The van der Waals surface area contributed by atoms with E-state index in [9.17, 15) is 51.4 Å². The van der Waals surface area contributed by atoms with E-state index in [4.69, 9.17) is 13.8 Å². The molecule has 6 rings (SSSR count). The molecule has 0 unspecified atom stereocenters. The quantitative estimate of drug-likeness (QED) is 0.00489. The lowest BCUT2D eigenvalue weighted by Crippen LogP contribution is -2.32. The molecule has 398 valence electrons. The molecule has 0 fully saturated rings. The summed E-state index contributed by atoms with van der Waals surface area (Å²) in [6, 6.07) is 22.0. The summed E-state index contributed by atoms with van der Waals surface area (Å²) in [6.45, 7) is -0.822. The highest BCUT2D eigenvalue weighted by Crippen LogP contribution is 2.29. The topological polar surface area (TPSA) is 360 Å². The first-order valence-corrected chi connectivity index (χ1v) is 25.5. The second-order valence-corrected chi connectivity index (χ2v) is 18.9. The third kappa shape index (κ3) is 16.6. The average Bonchev–Trinajstić information content (AvgIpc) is 3.38. The molecular weight excluding hydrogens is 1020 g/mol. The van der Waals surface area contributed by atoms with Gasteiger partial charge >= 0.3 is 12.4 Å². The number of ether oxygens (including phenoxy) is 1. The molecule has 26 nitrogen and oxygen atoms in total. The third-order valence-corrected chi connectivity index (χ3v) is 12.6. The van der Waals surface area contributed by atoms with E-state index in [1.54, 1.807) is 48.5 Å². The van der Waals surface area contributed by atoms with Gasteiger partial charge in [-0.2, -0.15) is 51.6 Å². The van der Waals surface area contributed by atoms with Gasteiger partial charge in [-0.3, -0.25) is 13.5 Å². The van der Waals surface area contributed by atoms with Gasteiger partial charge in [-0.1, -0.05) is 48.6 Å². The Bertz CT molecular complexity index is 3140. The van der Waals surface area contributed by atoms with E-state index in [-0.39, 0.29) is 135 Å². The molecule has 2 aromatic heterocycles. The van der Waals surface area contributed by atoms with E-state index in [1.165, 1.54) is 65.5 Å². The molecule has 0 spiro atoms. The van der Waals surface area contributed by atoms with Crippen LogP contribution in [0.1, 0.15) is 44.0 Å². The van der Waals surface area contributed by atoms with Crippen LogP contribution < -0.4 is 25.8 Å². The standard InChI is InChI=1S/C47H53N11O15S2/c1-70-42(64)35-10-14-38(15-11-35)48-43-51-41(52-46(54-43)57(17-21-59)18-22-60)26-32-3-6-33(36(25-32)29-74(65,66)67)7-8-34-9-16-39(27-40(34)75(68,69)71-2)50-45-53-44(55-47(56-45)58(19-23-61)20-24-62)49-37-12-4-31(5-13-37)28-72-73-30-63/h3-16,25,27,30,59-62H,17-24,26,28-29H2,1-2H3,(H,65,66,67)(H,48,51,52,54)(H2,49,50,53,55,56)/b8-7+. The molecule has 0 aliphatic heterocycles. The highest BCUT2D eigenvalue weighted by atomic mass is 32.2. The molecule has 0 bridgehead atoms. The minimum Gasteiger partial charge on any atom is -0.465 e. The van der Waals surface area contributed by atoms with Crippen LogP contribution in [0.25, 0.3) is 12.2 Å². The summed E-state index contributed by atoms with van der Waals surface area (Å²) in [6.07, 6.45) is 2.87. The Kier molecular flexibility index (Phi) is 20.3. The number of anilines is 8. The lowest BCUT2D eigenvalue weighted by Gasteiger charge is -2.21. The minimum absolute atomic E-state index is 0.00472. The van der Waals surface area contributed by atoms with Crippen LogP contribution in [0.2, 0.25) is 0 Å². The highest BCUT2D eigenvalue weighted by Gasteiger charge is 2.21. The molecule has 75 heavy (non-hydrogen) atoms. The Labute approximate surface area is 430 Å². The number of rotatable bonds is 29. The minimum atomic E-state index is -4.63. The Morgan fingerprint density at radius 3 is 1.68 bits per heavy atom. The van der Waals surface area contributed by atoms with Crippen molar-refractivity contribution >= 4 is 91.6 Å². The van der Waals surface area contributed by atoms with Crippen LogP contribution in [0.5, 0.6) is 0 Å². The summed E-state index contributed by atoms with van der Waals surface area (Å²) in [5.41, 5.74) is 3.19. The maximum absolute atomic E-state index is 13.5. The smallest absolute Gasteiger partial charge is 0.337 e. The number of aliphatic hydroxyl groups is 4. The van der Waals surface area contributed by atoms with Crippen molar-refractivity contribution in [1.29, 1.82) is 0 Å². The summed E-state index contributed by atoms with van der Waals surface area (Å²) < 4.78 is 71.4. The van der Waals surface area contributed by atoms with Gasteiger partial charge in [0.2, 0.25) is 29.7 Å².